The van der Waals surface area contributed by atoms with Crippen LogP contribution in [0.2, 0.25) is 0 Å². The number of carbonyl (C=O) groups is 1. The molecule has 110 valence electrons. The molecule has 1 aromatic carbocycles. The average Bonchev–Trinajstić information content (AvgIpc) is 2.82. The monoisotopic (exact) mass is 283 g/mol. The first kappa shape index (κ1) is 14.1. The number of hydrogen-bond acceptors (Lipinski definition) is 2. The minimum Gasteiger partial charge on any atom is -0.380 e. The van der Waals surface area contributed by atoms with Gasteiger partial charge >= 0.3 is 0 Å². The normalized spacial score (nSPS) is 16.8. The molecule has 0 spiro atoms. The molecule has 3 rings (SSSR count). The summed E-state index contributed by atoms with van der Waals surface area (Å²) in [4.78, 5) is 12.3. The summed E-state index contributed by atoms with van der Waals surface area (Å²) < 4.78 is 7.45. The zero-order valence-corrected chi connectivity index (χ0v) is 12.8. The fourth-order valence-corrected chi connectivity index (χ4v) is 3.19. The maximum Gasteiger partial charge on any atom is 0.165 e. The Balaban J connectivity index is 2.12. The van der Waals surface area contributed by atoms with Gasteiger partial charge in [0.2, 0.25) is 0 Å². The maximum absolute atomic E-state index is 12.3. The SMILES string of the molecule is COCc1ccccc1-n1ccc2c1CC(C)(C)CC2=O. The molecule has 0 amide bonds. The van der Waals surface area contributed by atoms with Crippen molar-refractivity contribution in [2.75, 3.05) is 7.11 Å². The van der Waals surface area contributed by atoms with Gasteiger partial charge < -0.3 is 9.30 Å². The molecule has 1 heterocycles. The third kappa shape index (κ3) is 2.54. The van der Waals surface area contributed by atoms with E-state index in [0.717, 1.165) is 28.9 Å². The van der Waals surface area contributed by atoms with E-state index in [0.29, 0.717) is 13.0 Å². The summed E-state index contributed by atoms with van der Waals surface area (Å²) >= 11 is 0. The lowest BCUT2D eigenvalue weighted by Crippen LogP contribution is -2.27. The van der Waals surface area contributed by atoms with Gasteiger partial charge in [0.05, 0.1) is 12.3 Å². The number of nitrogens with zero attached hydrogens (tertiary/aromatic N) is 1. The zero-order valence-electron chi connectivity index (χ0n) is 12.8. The van der Waals surface area contributed by atoms with Crippen LogP contribution in [0.3, 0.4) is 0 Å². The lowest BCUT2D eigenvalue weighted by molar-refractivity contribution is 0.0911. The molecule has 0 radical (unpaired) electrons. The first-order chi connectivity index (χ1) is 10.0. The molecule has 0 N–H and O–H groups in total. The third-order valence-corrected chi connectivity index (χ3v) is 4.13. The molecule has 0 bridgehead atoms. The van der Waals surface area contributed by atoms with Gasteiger partial charge in [-0.3, -0.25) is 4.79 Å². The number of ether oxygens (including phenoxy) is 1. The second-order valence-electron chi connectivity index (χ2n) is 6.55. The number of para-hydroxylation sites is 1. The van der Waals surface area contributed by atoms with Gasteiger partial charge in [-0.2, -0.15) is 0 Å². The summed E-state index contributed by atoms with van der Waals surface area (Å²) in [6.45, 7) is 4.89. The van der Waals surface area contributed by atoms with Crippen molar-refractivity contribution >= 4 is 5.78 Å². The molecule has 21 heavy (non-hydrogen) atoms. The number of methoxy groups -OCH3 is 1. The van der Waals surface area contributed by atoms with Crippen LogP contribution in [0, 0.1) is 5.41 Å². The molecule has 0 fully saturated rings. The lowest BCUT2D eigenvalue weighted by atomic mass is 9.76. The van der Waals surface area contributed by atoms with Crippen molar-refractivity contribution in [3.05, 3.63) is 53.3 Å². The summed E-state index contributed by atoms with van der Waals surface area (Å²) in [5.74, 6) is 0.254. The number of rotatable bonds is 3. The van der Waals surface area contributed by atoms with Crippen LogP contribution in [0.1, 0.15) is 41.9 Å². The number of hydrogen-bond donors (Lipinski definition) is 0. The quantitative estimate of drug-likeness (QED) is 0.858. The van der Waals surface area contributed by atoms with E-state index in [9.17, 15) is 4.79 Å². The molecule has 2 aromatic rings. The fourth-order valence-electron chi connectivity index (χ4n) is 3.19. The smallest absolute Gasteiger partial charge is 0.165 e. The van der Waals surface area contributed by atoms with Gasteiger partial charge in [0, 0.05) is 36.5 Å². The van der Waals surface area contributed by atoms with E-state index in [1.54, 1.807) is 7.11 Å². The van der Waals surface area contributed by atoms with Gasteiger partial charge in [-0.15, -0.1) is 0 Å². The summed E-state index contributed by atoms with van der Waals surface area (Å²) in [5, 5.41) is 0. The van der Waals surface area contributed by atoms with Crippen LogP contribution in [0.5, 0.6) is 0 Å². The van der Waals surface area contributed by atoms with E-state index in [-0.39, 0.29) is 11.2 Å². The van der Waals surface area contributed by atoms with E-state index in [2.05, 4.69) is 30.5 Å². The van der Waals surface area contributed by atoms with E-state index < -0.39 is 0 Å². The van der Waals surface area contributed by atoms with Crippen LogP contribution in [-0.4, -0.2) is 17.5 Å². The van der Waals surface area contributed by atoms with Crippen LogP contribution in [0.15, 0.2) is 36.5 Å². The standard InChI is InChI=1S/C18H21NO2/c1-18(2)10-16-14(17(20)11-18)8-9-19(16)15-7-5-4-6-13(15)12-21-3/h4-9H,10-12H2,1-3H3. The minimum absolute atomic E-state index is 0.0242. The maximum atomic E-state index is 12.3. The van der Waals surface area contributed by atoms with Gasteiger partial charge in [-0.25, -0.2) is 0 Å². The second kappa shape index (κ2) is 5.15. The van der Waals surface area contributed by atoms with E-state index in [1.165, 1.54) is 0 Å². The van der Waals surface area contributed by atoms with Crippen LogP contribution in [0.25, 0.3) is 5.69 Å². The van der Waals surface area contributed by atoms with Gasteiger partial charge in [0.25, 0.3) is 0 Å². The van der Waals surface area contributed by atoms with Crippen molar-refractivity contribution < 1.29 is 9.53 Å². The predicted molar refractivity (Wildman–Crippen MR) is 82.9 cm³/mol. The van der Waals surface area contributed by atoms with Crippen molar-refractivity contribution in [3.63, 3.8) is 0 Å². The molecular formula is C18H21NO2. The van der Waals surface area contributed by atoms with Crippen LogP contribution in [0.4, 0.5) is 0 Å². The second-order valence-corrected chi connectivity index (χ2v) is 6.55. The Labute approximate surface area is 125 Å². The number of carbonyl (C=O) groups excluding carboxylic acids is 1. The number of aromatic nitrogens is 1. The van der Waals surface area contributed by atoms with Gasteiger partial charge in [0.15, 0.2) is 5.78 Å². The third-order valence-electron chi connectivity index (χ3n) is 4.13. The largest absolute Gasteiger partial charge is 0.380 e. The van der Waals surface area contributed by atoms with E-state index in [4.69, 9.17) is 4.74 Å². The van der Waals surface area contributed by atoms with Gasteiger partial charge in [0.1, 0.15) is 0 Å². The topological polar surface area (TPSA) is 31.2 Å². The molecule has 0 saturated carbocycles. The molecule has 0 saturated heterocycles. The highest BCUT2D eigenvalue weighted by atomic mass is 16.5. The highest BCUT2D eigenvalue weighted by molar-refractivity contribution is 5.99. The first-order valence-electron chi connectivity index (χ1n) is 7.32. The van der Waals surface area contributed by atoms with Crippen molar-refractivity contribution in [3.8, 4) is 5.69 Å². The summed E-state index contributed by atoms with van der Waals surface area (Å²) in [5.41, 5.74) is 4.26. The fraction of sp³-hybridized carbons (Fsp3) is 0.389. The van der Waals surface area contributed by atoms with Gasteiger partial charge in [-0.05, 0) is 24.0 Å². The summed E-state index contributed by atoms with van der Waals surface area (Å²) in [6.07, 6.45) is 3.56. The van der Waals surface area contributed by atoms with Crippen LogP contribution >= 0.6 is 0 Å². The highest BCUT2D eigenvalue weighted by Gasteiger charge is 2.33. The molecule has 1 aliphatic rings. The number of ketones is 1. The van der Waals surface area contributed by atoms with Gasteiger partial charge in [-0.1, -0.05) is 32.0 Å². The van der Waals surface area contributed by atoms with Crippen LogP contribution in [-0.2, 0) is 17.8 Å². The van der Waals surface area contributed by atoms with Crippen LogP contribution < -0.4 is 0 Å². The molecule has 0 atom stereocenters. The Morgan fingerprint density at radius 3 is 2.71 bits per heavy atom. The summed E-state index contributed by atoms with van der Waals surface area (Å²) in [7, 11) is 1.70. The average molecular weight is 283 g/mol. The number of benzene rings is 1. The number of Topliss-reactive ketones (excluding diaryl/α,β-unsaturated/α-hetero) is 1. The molecule has 0 aliphatic heterocycles. The highest BCUT2D eigenvalue weighted by Crippen LogP contribution is 2.36. The molecule has 1 aromatic heterocycles. The Hall–Kier alpha value is -1.87. The van der Waals surface area contributed by atoms with E-state index in [1.807, 2.05) is 24.4 Å². The zero-order chi connectivity index (χ0) is 15.0. The van der Waals surface area contributed by atoms with Crippen molar-refractivity contribution in [2.24, 2.45) is 5.41 Å². The molecular weight excluding hydrogens is 262 g/mol. The lowest BCUT2D eigenvalue weighted by Gasteiger charge is -2.30. The molecule has 3 nitrogen and oxygen atoms in total. The Kier molecular flexibility index (Phi) is 3.46. The van der Waals surface area contributed by atoms with Crippen molar-refractivity contribution in [1.82, 2.24) is 4.57 Å². The minimum atomic E-state index is 0.0242. The predicted octanol–water partition coefficient (Wildman–Crippen LogP) is 3.78. The van der Waals surface area contributed by atoms with E-state index >= 15 is 0 Å². The Morgan fingerprint density at radius 1 is 1.19 bits per heavy atom. The van der Waals surface area contributed by atoms with Crippen molar-refractivity contribution in [2.45, 2.75) is 33.3 Å². The summed E-state index contributed by atoms with van der Waals surface area (Å²) in [6, 6.07) is 10.2. The molecule has 3 heteroatoms. The van der Waals surface area contributed by atoms with Crippen molar-refractivity contribution in [1.29, 1.82) is 0 Å². The Bertz CT molecular complexity index is 682. The molecule has 0 unspecified atom stereocenters. The Morgan fingerprint density at radius 2 is 1.95 bits per heavy atom. The molecule has 1 aliphatic carbocycles. The number of fused-ring (bicyclic) bond motifs is 1. The first-order valence-corrected chi connectivity index (χ1v) is 7.32.